The summed E-state index contributed by atoms with van der Waals surface area (Å²) in [6, 6.07) is 2.66. The molecule has 1 heterocycles. The molecule has 1 saturated heterocycles. The van der Waals surface area contributed by atoms with Gasteiger partial charge < -0.3 is 14.4 Å². The van der Waals surface area contributed by atoms with Crippen molar-refractivity contribution in [1.82, 2.24) is 4.90 Å². The fourth-order valence-electron chi connectivity index (χ4n) is 4.42. The van der Waals surface area contributed by atoms with Crippen molar-refractivity contribution in [3.63, 3.8) is 0 Å². The number of benzene rings is 1. The van der Waals surface area contributed by atoms with Crippen molar-refractivity contribution >= 4 is 23.5 Å². The summed E-state index contributed by atoms with van der Waals surface area (Å²) in [6.07, 6.45) is 4.19. The number of carbonyl (C=O) groups is 3. The third-order valence-electron chi connectivity index (χ3n) is 5.68. The van der Waals surface area contributed by atoms with Crippen molar-refractivity contribution in [3.05, 3.63) is 39.4 Å². The molecule has 1 aliphatic heterocycles. The summed E-state index contributed by atoms with van der Waals surface area (Å²) in [6.45, 7) is 1.72. The minimum atomic E-state index is -0.744. The van der Waals surface area contributed by atoms with E-state index in [1.807, 2.05) is 0 Å². The van der Waals surface area contributed by atoms with Crippen molar-refractivity contribution in [3.8, 4) is 0 Å². The molecule has 1 amide bonds. The monoisotopic (exact) mass is 404 g/mol. The molecule has 3 atom stereocenters. The smallest absolute Gasteiger partial charge is 0.338 e. The van der Waals surface area contributed by atoms with Gasteiger partial charge in [-0.15, -0.1) is 0 Å². The van der Waals surface area contributed by atoms with Crippen LogP contribution in [-0.4, -0.2) is 53.5 Å². The quantitative estimate of drug-likeness (QED) is 0.421. The Balaban J connectivity index is 2.01. The lowest BCUT2D eigenvalue weighted by Gasteiger charge is -2.33. The fraction of sp³-hybridized carbons (Fsp3) is 0.550. The molecular weight excluding hydrogens is 380 g/mol. The van der Waals surface area contributed by atoms with E-state index in [0.29, 0.717) is 6.42 Å². The van der Waals surface area contributed by atoms with Crippen LogP contribution < -0.4 is 0 Å². The van der Waals surface area contributed by atoms with E-state index < -0.39 is 28.8 Å². The average molecular weight is 404 g/mol. The third-order valence-corrected chi connectivity index (χ3v) is 5.68. The molecule has 1 aromatic carbocycles. The number of nitrogens with zero attached hydrogens (tertiary/aromatic N) is 2. The van der Waals surface area contributed by atoms with Crippen LogP contribution in [0.2, 0.25) is 0 Å². The van der Waals surface area contributed by atoms with Gasteiger partial charge in [0, 0.05) is 23.7 Å². The number of carbonyl (C=O) groups excluding carboxylic acids is 3. The Labute approximate surface area is 168 Å². The largest absolute Gasteiger partial charge is 0.467 e. The number of non-ortho nitro benzene ring substituents is 1. The minimum absolute atomic E-state index is 0.0117. The van der Waals surface area contributed by atoms with E-state index in [2.05, 4.69) is 0 Å². The zero-order valence-corrected chi connectivity index (χ0v) is 16.5. The van der Waals surface area contributed by atoms with Crippen LogP contribution in [0.25, 0.3) is 0 Å². The van der Waals surface area contributed by atoms with Crippen LogP contribution in [0, 0.1) is 16.0 Å². The first-order valence-corrected chi connectivity index (χ1v) is 9.74. The van der Waals surface area contributed by atoms with Crippen molar-refractivity contribution in [2.75, 3.05) is 13.7 Å². The van der Waals surface area contributed by atoms with Crippen molar-refractivity contribution < 1.29 is 28.8 Å². The number of nitro benzene ring substituents is 1. The maximum atomic E-state index is 13.4. The van der Waals surface area contributed by atoms with Crippen LogP contribution >= 0.6 is 0 Å². The molecule has 0 spiro atoms. The highest BCUT2D eigenvalue weighted by Crippen LogP contribution is 2.41. The van der Waals surface area contributed by atoms with Crippen LogP contribution in [0.15, 0.2) is 18.2 Å². The standard InChI is InChI=1S/C20H24N2O7/c1-3-29-19(24)14-8-13(9-15(10-14)22(26)27)18(23)21-16-7-5-4-6-12(16)11-17(21)20(25)28-2/h8-10,12,16-17H,3-7,11H2,1-2H3. The molecule has 156 valence electrons. The van der Waals surface area contributed by atoms with E-state index in [9.17, 15) is 24.5 Å². The highest BCUT2D eigenvalue weighted by atomic mass is 16.6. The molecular formula is C20H24N2O7. The number of hydrogen-bond acceptors (Lipinski definition) is 7. The Morgan fingerprint density at radius 1 is 1.17 bits per heavy atom. The molecule has 3 rings (SSSR count). The lowest BCUT2D eigenvalue weighted by molar-refractivity contribution is -0.384. The van der Waals surface area contributed by atoms with Gasteiger partial charge in [-0.05, 0) is 38.2 Å². The van der Waals surface area contributed by atoms with E-state index >= 15 is 0 Å². The summed E-state index contributed by atoms with van der Waals surface area (Å²) >= 11 is 0. The molecule has 1 aromatic rings. The van der Waals surface area contributed by atoms with Gasteiger partial charge in [-0.2, -0.15) is 0 Å². The molecule has 1 aliphatic carbocycles. The molecule has 2 fully saturated rings. The predicted octanol–water partition coefficient (Wildman–Crippen LogP) is 2.72. The molecule has 3 unspecified atom stereocenters. The Bertz CT molecular complexity index is 838. The first kappa shape index (κ1) is 20.8. The Morgan fingerprint density at radius 3 is 2.52 bits per heavy atom. The minimum Gasteiger partial charge on any atom is -0.467 e. The van der Waals surface area contributed by atoms with Crippen LogP contribution in [0.4, 0.5) is 5.69 Å². The van der Waals surface area contributed by atoms with Gasteiger partial charge in [0.1, 0.15) is 6.04 Å². The van der Waals surface area contributed by atoms with Gasteiger partial charge in [-0.25, -0.2) is 9.59 Å². The number of hydrogen-bond donors (Lipinski definition) is 0. The molecule has 1 saturated carbocycles. The summed E-state index contributed by atoms with van der Waals surface area (Å²) in [5.74, 6) is -1.56. The summed E-state index contributed by atoms with van der Waals surface area (Å²) in [7, 11) is 1.28. The Morgan fingerprint density at radius 2 is 1.86 bits per heavy atom. The normalized spacial score (nSPS) is 23.2. The first-order valence-electron chi connectivity index (χ1n) is 9.74. The predicted molar refractivity (Wildman–Crippen MR) is 101 cm³/mol. The first-order chi connectivity index (χ1) is 13.9. The number of esters is 2. The molecule has 0 N–H and O–H groups in total. The maximum absolute atomic E-state index is 13.4. The highest BCUT2D eigenvalue weighted by Gasteiger charge is 2.48. The van der Waals surface area contributed by atoms with Crippen LogP contribution in [0.1, 0.15) is 59.7 Å². The van der Waals surface area contributed by atoms with E-state index in [4.69, 9.17) is 9.47 Å². The number of amides is 1. The van der Waals surface area contributed by atoms with E-state index in [-0.39, 0.29) is 35.4 Å². The number of rotatable bonds is 5. The van der Waals surface area contributed by atoms with Gasteiger partial charge in [0.25, 0.3) is 11.6 Å². The summed E-state index contributed by atoms with van der Waals surface area (Å²) in [4.78, 5) is 50.0. The van der Waals surface area contributed by atoms with E-state index in [0.717, 1.165) is 37.8 Å². The molecule has 0 aromatic heterocycles. The summed E-state index contributed by atoms with van der Waals surface area (Å²) in [5, 5.41) is 11.3. The van der Waals surface area contributed by atoms with Gasteiger partial charge in [-0.3, -0.25) is 14.9 Å². The number of nitro groups is 1. The topological polar surface area (TPSA) is 116 Å². The fourth-order valence-corrected chi connectivity index (χ4v) is 4.42. The molecule has 0 bridgehead atoms. The second-order valence-corrected chi connectivity index (χ2v) is 7.35. The average Bonchev–Trinajstić information content (AvgIpc) is 3.12. The van der Waals surface area contributed by atoms with Gasteiger partial charge in [-0.1, -0.05) is 12.8 Å². The Hall–Kier alpha value is -2.97. The highest BCUT2D eigenvalue weighted by molar-refractivity contribution is 6.01. The van der Waals surface area contributed by atoms with Crippen molar-refractivity contribution in [2.24, 2.45) is 5.92 Å². The third kappa shape index (κ3) is 4.08. The van der Waals surface area contributed by atoms with Gasteiger partial charge >= 0.3 is 11.9 Å². The molecule has 9 heteroatoms. The van der Waals surface area contributed by atoms with Gasteiger partial charge in [0.2, 0.25) is 0 Å². The van der Waals surface area contributed by atoms with Gasteiger partial charge in [0.05, 0.1) is 24.2 Å². The second kappa shape index (κ2) is 8.59. The SMILES string of the molecule is CCOC(=O)c1cc(C(=O)N2C(C(=O)OC)CC3CCCCC32)cc([N+](=O)[O-])c1. The zero-order valence-electron chi connectivity index (χ0n) is 16.5. The van der Waals surface area contributed by atoms with Crippen molar-refractivity contribution in [2.45, 2.75) is 51.1 Å². The van der Waals surface area contributed by atoms with Crippen LogP contribution in [0.5, 0.6) is 0 Å². The molecule has 29 heavy (non-hydrogen) atoms. The van der Waals surface area contributed by atoms with Crippen LogP contribution in [0.3, 0.4) is 0 Å². The summed E-state index contributed by atoms with van der Waals surface area (Å²) < 4.78 is 9.82. The van der Waals surface area contributed by atoms with Gasteiger partial charge in [0.15, 0.2) is 0 Å². The number of likely N-dealkylation sites (tertiary alicyclic amines) is 1. The number of fused-ring (bicyclic) bond motifs is 1. The maximum Gasteiger partial charge on any atom is 0.338 e. The molecule has 0 radical (unpaired) electrons. The van der Waals surface area contributed by atoms with Crippen LogP contribution in [-0.2, 0) is 14.3 Å². The number of methoxy groups -OCH3 is 1. The molecule has 9 nitrogen and oxygen atoms in total. The number of ether oxygens (including phenoxy) is 2. The lowest BCUT2D eigenvalue weighted by atomic mass is 9.84. The second-order valence-electron chi connectivity index (χ2n) is 7.35. The van der Waals surface area contributed by atoms with Crippen molar-refractivity contribution in [1.29, 1.82) is 0 Å². The zero-order chi connectivity index (χ0) is 21.1. The lowest BCUT2D eigenvalue weighted by Crippen LogP contribution is -2.46. The summed E-state index contributed by atoms with van der Waals surface area (Å²) in [5.41, 5.74) is -0.464. The van der Waals surface area contributed by atoms with E-state index in [1.54, 1.807) is 6.92 Å². The Kier molecular flexibility index (Phi) is 6.14. The van der Waals surface area contributed by atoms with E-state index in [1.165, 1.54) is 18.1 Å². The molecule has 2 aliphatic rings.